The number of rotatable bonds is 2. The molecule has 0 saturated heterocycles. The fourth-order valence-electron chi connectivity index (χ4n) is 1.74. The van der Waals surface area contributed by atoms with Crippen molar-refractivity contribution in [2.75, 3.05) is 0 Å². The Hall–Kier alpha value is -1.61. The smallest absolute Gasteiger partial charge is 0.258 e. The van der Waals surface area contributed by atoms with E-state index in [9.17, 15) is 4.79 Å². The van der Waals surface area contributed by atoms with Crippen molar-refractivity contribution in [1.82, 2.24) is 0 Å². The molecule has 0 fully saturated rings. The Bertz CT molecular complexity index is 522. The molecule has 2 N–H and O–H groups in total. The van der Waals surface area contributed by atoms with Gasteiger partial charge in [-0.1, -0.05) is 29.3 Å². The molecule has 0 bridgehead atoms. The molecule has 0 saturated carbocycles. The van der Waals surface area contributed by atoms with Gasteiger partial charge in [0, 0.05) is 4.88 Å². The van der Waals surface area contributed by atoms with Gasteiger partial charge in [0.2, 0.25) is 0 Å². The van der Waals surface area contributed by atoms with E-state index in [0.29, 0.717) is 4.88 Å². The van der Waals surface area contributed by atoms with Crippen LogP contribution in [0.15, 0.2) is 30.3 Å². The summed E-state index contributed by atoms with van der Waals surface area (Å²) in [6, 6.07) is 10.1. The molecule has 2 rings (SSSR count). The molecule has 2 nitrogen and oxygen atoms in total. The standard InChI is InChI=1S/C13H13NOS/c1-8-5-9(2)7-10(6-8)11-3-4-12(16-11)13(14)15/h3-7H,1-2H3,(H2,14,15). The van der Waals surface area contributed by atoms with Crippen LogP contribution in [0.3, 0.4) is 0 Å². The van der Waals surface area contributed by atoms with E-state index >= 15 is 0 Å². The normalized spacial score (nSPS) is 10.4. The minimum atomic E-state index is -0.361. The maximum absolute atomic E-state index is 11.0. The maximum Gasteiger partial charge on any atom is 0.258 e. The van der Waals surface area contributed by atoms with Gasteiger partial charge in [-0.05, 0) is 31.5 Å². The summed E-state index contributed by atoms with van der Waals surface area (Å²) in [6.45, 7) is 4.14. The lowest BCUT2D eigenvalue weighted by Gasteiger charge is -2.02. The van der Waals surface area contributed by atoms with Crippen LogP contribution in [-0.2, 0) is 0 Å². The van der Waals surface area contributed by atoms with E-state index in [2.05, 4.69) is 32.0 Å². The van der Waals surface area contributed by atoms with Crippen LogP contribution in [-0.4, -0.2) is 5.91 Å². The molecule has 0 radical (unpaired) electrons. The van der Waals surface area contributed by atoms with Gasteiger partial charge >= 0.3 is 0 Å². The summed E-state index contributed by atoms with van der Waals surface area (Å²) in [7, 11) is 0. The topological polar surface area (TPSA) is 43.1 Å². The number of aryl methyl sites for hydroxylation is 2. The van der Waals surface area contributed by atoms with Crippen LogP contribution in [0.25, 0.3) is 10.4 Å². The van der Waals surface area contributed by atoms with Crippen molar-refractivity contribution in [3.63, 3.8) is 0 Å². The van der Waals surface area contributed by atoms with Gasteiger partial charge in [-0.2, -0.15) is 0 Å². The molecule has 0 atom stereocenters. The molecule has 16 heavy (non-hydrogen) atoms. The molecule has 3 heteroatoms. The highest BCUT2D eigenvalue weighted by Gasteiger charge is 2.07. The molecule has 0 aliphatic carbocycles. The minimum Gasteiger partial charge on any atom is -0.365 e. The summed E-state index contributed by atoms with van der Waals surface area (Å²) >= 11 is 1.44. The number of amides is 1. The first-order valence-corrected chi connectivity index (χ1v) is 5.86. The number of carbonyl (C=O) groups excluding carboxylic acids is 1. The Morgan fingerprint density at radius 2 is 1.75 bits per heavy atom. The van der Waals surface area contributed by atoms with Crippen molar-refractivity contribution in [2.45, 2.75) is 13.8 Å². The second kappa shape index (κ2) is 4.10. The highest BCUT2D eigenvalue weighted by Crippen LogP contribution is 2.29. The van der Waals surface area contributed by atoms with Crippen LogP contribution in [0.5, 0.6) is 0 Å². The zero-order chi connectivity index (χ0) is 11.7. The minimum absolute atomic E-state index is 0.361. The zero-order valence-corrected chi connectivity index (χ0v) is 10.1. The number of primary amides is 1. The van der Waals surface area contributed by atoms with Gasteiger partial charge in [0.05, 0.1) is 4.88 Å². The molecule has 2 aromatic rings. The van der Waals surface area contributed by atoms with Crippen LogP contribution in [0.2, 0.25) is 0 Å². The molecular weight excluding hydrogens is 218 g/mol. The van der Waals surface area contributed by atoms with Crippen molar-refractivity contribution in [3.8, 4) is 10.4 Å². The lowest BCUT2D eigenvalue weighted by Crippen LogP contribution is -2.07. The van der Waals surface area contributed by atoms with E-state index in [1.165, 1.54) is 22.5 Å². The molecule has 1 aromatic heterocycles. The van der Waals surface area contributed by atoms with Crippen LogP contribution in [0.1, 0.15) is 20.8 Å². The Balaban J connectivity index is 2.46. The number of thiophene rings is 1. The van der Waals surface area contributed by atoms with Gasteiger partial charge in [-0.15, -0.1) is 11.3 Å². The summed E-state index contributed by atoms with van der Waals surface area (Å²) in [5.41, 5.74) is 8.84. The molecule has 0 unspecified atom stereocenters. The quantitative estimate of drug-likeness (QED) is 0.847. The molecule has 1 heterocycles. The first-order chi connectivity index (χ1) is 7.56. The predicted octanol–water partition coefficient (Wildman–Crippen LogP) is 3.13. The van der Waals surface area contributed by atoms with Crippen LogP contribution in [0.4, 0.5) is 0 Å². The summed E-state index contributed by atoms with van der Waals surface area (Å²) in [5.74, 6) is -0.361. The fraction of sp³-hybridized carbons (Fsp3) is 0.154. The number of carbonyl (C=O) groups is 1. The van der Waals surface area contributed by atoms with E-state index in [1.54, 1.807) is 6.07 Å². The third-order valence-electron chi connectivity index (χ3n) is 2.36. The van der Waals surface area contributed by atoms with Crippen LogP contribution < -0.4 is 5.73 Å². The summed E-state index contributed by atoms with van der Waals surface area (Å²) in [5, 5.41) is 0. The van der Waals surface area contributed by atoms with E-state index in [4.69, 9.17) is 5.73 Å². The summed E-state index contributed by atoms with van der Waals surface area (Å²) in [4.78, 5) is 12.7. The maximum atomic E-state index is 11.0. The van der Waals surface area contributed by atoms with Crippen LogP contribution in [0, 0.1) is 13.8 Å². The van der Waals surface area contributed by atoms with Crippen molar-refractivity contribution in [3.05, 3.63) is 46.3 Å². The number of nitrogens with two attached hydrogens (primary N) is 1. The van der Waals surface area contributed by atoms with Crippen molar-refractivity contribution in [1.29, 1.82) is 0 Å². The van der Waals surface area contributed by atoms with E-state index < -0.39 is 0 Å². The Morgan fingerprint density at radius 1 is 1.12 bits per heavy atom. The van der Waals surface area contributed by atoms with E-state index in [1.807, 2.05) is 6.07 Å². The predicted molar refractivity (Wildman–Crippen MR) is 67.7 cm³/mol. The monoisotopic (exact) mass is 231 g/mol. The summed E-state index contributed by atoms with van der Waals surface area (Å²) in [6.07, 6.45) is 0. The number of benzene rings is 1. The highest BCUT2D eigenvalue weighted by atomic mass is 32.1. The summed E-state index contributed by atoms with van der Waals surface area (Å²) < 4.78 is 0. The van der Waals surface area contributed by atoms with Crippen molar-refractivity contribution < 1.29 is 4.79 Å². The average Bonchev–Trinajstić information content (AvgIpc) is 2.64. The van der Waals surface area contributed by atoms with Gasteiger partial charge < -0.3 is 5.73 Å². The first kappa shape index (κ1) is 10.9. The molecule has 0 aliphatic rings. The second-order valence-electron chi connectivity index (χ2n) is 3.90. The van der Waals surface area contributed by atoms with Gasteiger partial charge in [0.15, 0.2) is 0 Å². The molecule has 1 amide bonds. The lowest BCUT2D eigenvalue weighted by molar-refractivity contribution is 0.100. The first-order valence-electron chi connectivity index (χ1n) is 5.04. The third-order valence-corrected chi connectivity index (χ3v) is 3.50. The molecule has 0 spiro atoms. The van der Waals surface area contributed by atoms with Crippen LogP contribution >= 0.6 is 11.3 Å². The second-order valence-corrected chi connectivity index (χ2v) is 4.99. The zero-order valence-electron chi connectivity index (χ0n) is 9.28. The largest absolute Gasteiger partial charge is 0.365 e. The highest BCUT2D eigenvalue weighted by molar-refractivity contribution is 7.17. The molecule has 82 valence electrons. The Kier molecular flexibility index (Phi) is 2.79. The SMILES string of the molecule is Cc1cc(C)cc(-c2ccc(C(N)=O)s2)c1. The number of hydrogen-bond acceptors (Lipinski definition) is 2. The number of hydrogen-bond donors (Lipinski definition) is 1. The third kappa shape index (κ3) is 2.14. The van der Waals surface area contributed by atoms with E-state index in [-0.39, 0.29) is 5.91 Å². The lowest BCUT2D eigenvalue weighted by atomic mass is 10.1. The molecular formula is C13H13NOS. The average molecular weight is 231 g/mol. The molecule has 1 aromatic carbocycles. The van der Waals surface area contributed by atoms with Crippen molar-refractivity contribution >= 4 is 17.2 Å². The van der Waals surface area contributed by atoms with Gasteiger partial charge in [0.25, 0.3) is 5.91 Å². The van der Waals surface area contributed by atoms with Gasteiger partial charge in [0.1, 0.15) is 0 Å². The Morgan fingerprint density at radius 3 is 2.25 bits per heavy atom. The fourth-order valence-corrected chi connectivity index (χ4v) is 2.59. The van der Waals surface area contributed by atoms with Crippen molar-refractivity contribution in [2.24, 2.45) is 5.73 Å². The van der Waals surface area contributed by atoms with Gasteiger partial charge in [-0.25, -0.2) is 0 Å². The Labute approximate surface area is 98.7 Å². The van der Waals surface area contributed by atoms with E-state index in [0.717, 1.165) is 10.4 Å². The van der Waals surface area contributed by atoms with Gasteiger partial charge in [-0.3, -0.25) is 4.79 Å². The molecule has 0 aliphatic heterocycles.